The predicted octanol–water partition coefficient (Wildman–Crippen LogP) is 2.71. The van der Waals surface area contributed by atoms with Crippen molar-refractivity contribution >= 4 is 16.8 Å². The Labute approximate surface area is 113 Å². The Bertz CT molecular complexity index is 534. The molecule has 2 rings (SSSR count). The Morgan fingerprint density at radius 2 is 2.16 bits per heavy atom. The number of ether oxygens (including phenoxy) is 1. The summed E-state index contributed by atoms with van der Waals surface area (Å²) in [5, 5.41) is 4.02. The van der Waals surface area contributed by atoms with Gasteiger partial charge in [0.1, 0.15) is 0 Å². The largest absolute Gasteiger partial charge is 0.385 e. The summed E-state index contributed by atoms with van der Waals surface area (Å²) in [4.78, 5) is 15.2. The topological polar surface area (TPSA) is 54.1 Å². The van der Waals surface area contributed by atoms with Crippen molar-refractivity contribution in [1.82, 2.24) is 10.3 Å². The fourth-order valence-corrected chi connectivity index (χ4v) is 2.12. The highest BCUT2D eigenvalue weighted by molar-refractivity contribution is 6.05. The molecule has 0 atom stereocenters. The summed E-state index contributed by atoms with van der Waals surface area (Å²) in [6, 6.07) is 7.72. The summed E-state index contributed by atoms with van der Waals surface area (Å²) in [5.74, 6) is -0.0141. The maximum atomic E-state index is 12.1. The van der Waals surface area contributed by atoms with Gasteiger partial charge in [0.2, 0.25) is 0 Å². The monoisotopic (exact) mass is 260 g/mol. The van der Waals surface area contributed by atoms with Crippen LogP contribution in [0.2, 0.25) is 0 Å². The minimum absolute atomic E-state index is 0.0141. The van der Waals surface area contributed by atoms with Crippen molar-refractivity contribution in [2.75, 3.05) is 20.3 Å². The molecule has 0 saturated heterocycles. The number of carbonyl (C=O) groups is 1. The Morgan fingerprint density at radius 1 is 1.26 bits per heavy atom. The van der Waals surface area contributed by atoms with Crippen molar-refractivity contribution in [2.45, 2.75) is 19.3 Å². The van der Waals surface area contributed by atoms with Crippen molar-refractivity contribution in [3.8, 4) is 0 Å². The number of carbonyl (C=O) groups excluding carboxylic acids is 1. The standard InChI is InChI=1S/C15H20N2O2/c1-19-11-4-2-3-9-17-15(18)13-7-5-6-12-8-10-16-14(12)13/h5-8,10,16H,2-4,9,11H2,1H3,(H,17,18). The van der Waals surface area contributed by atoms with Crippen LogP contribution in [0.25, 0.3) is 10.9 Å². The predicted molar refractivity (Wildman–Crippen MR) is 76.4 cm³/mol. The van der Waals surface area contributed by atoms with E-state index in [-0.39, 0.29) is 5.91 Å². The average Bonchev–Trinajstić information content (AvgIpc) is 2.90. The van der Waals surface area contributed by atoms with Gasteiger partial charge in [-0.25, -0.2) is 0 Å². The highest BCUT2D eigenvalue weighted by atomic mass is 16.5. The summed E-state index contributed by atoms with van der Waals surface area (Å²) in [5.41, 5.74) is 1.61. The molecule has 0 aliphatic rings. The lowest BCUT2D eigenvalue weighted by molar-refractivity contribution is 0.0954. The second kappa shape index (κ2) is 6.95. The molecule has 0 aliphatic heterocycles. The molecule has 1 aromatic carbocycles. The molecular weight excluding hydrogens is 240 g/mol. The van der Waals surface area contributed by atoms with E-state index in [0.29, 0.717) is 12.1 Å². The molecule has 0 unspecified atom stereocenters. The quantitative estimate of drug-likeness (QED) is 0.752. The molecule has 0 saturated carbocycles. The first kappa shape index (κ1) is 13.6. The molecule has 1 heterocycles. The van der Waals surface area contributed by atoms with E-state index in [4.69, 9.17) is 4.74 Å². The smallest absolute Gasteiger partial charge is 0.253 e. The van der Waals surface area contributed by atoms with Crippen LogP contribution in [-0.4, -0.2) is 31.2 Å². The summed E-state index contributed by atoms with van der Waals surface area (Å²) in [6.45, 7) is 1.50. The fraction of sp³-hybridized carbons (Fsp3) is 0.400. The second-order valence-corrected chi connectivity index (χ2v) is 4.56. The number of para-hydroxylation sites is 1. The van der Waals surface area contributed by atoms with E-state index >= 15 is 0 Å². The normalized spacial score (nSPS) is 10.8. The summed E-state index contributed by atoms with van der Waals surface area (Å²) in [6.07, 6.45) is 4.95. The van der Waals surface area contributed by atoms with Crippen molar-refractivity contribution < 1.29 is 9.53 Å². The first-order valence-corrected chi connectivity index (χ1v) is 6.66. The molecule has 2 N–H and O–H groups in total. The number of fused-ring (bicyclic) bond motifs is 1. The Hall–Kier alpha value is -1.81. The van der Waals surface area contributed by atoms with Crippen molar-refractivity contribution in [3.63, 3.8) is 0 Å². The molecule has 0 spiro atoms. The van der Waals surface area contributed by atoms with Crippen LogP contribution >= 0.6 is 0 Å². The van der Waals surface area contributed by atoms with Gasteiger partial charge in [-0.05, 0) is 31.4 Å². The third kappa shape index (κ3) is 3.58. The van der Waals surface area contributed by atoms with Crippen molar-refractivity contribution in [3.05, 3.63) is 36.0 Å². The number of hydrogen-bond donors (Lipinski definition) is 2. The molecule has 102 valence electrons. The number of rotatable bonds is 7. The number of aromatic nitrogens is 1. The van der Waals surface area contributed by atoms with Crippen LogP contribution in [0.1, 0.15) is 29.6 Å². The van der Waals surface area contributed by atoms with Gasteiger partial charge >= 0.3 is 0 Å². The van der Waals surface area contributed by atoms with Gasteiger partial charge < -0.3 is 15.0 Å². The Kier molecular flexibility index (Phi) is 4.98. The molecule has 0 radical (unpaired) electrons. The summed E-state index contributed by atoms with van der Waals surface area (Å²) in [7, 11) is 1.71. The average molecular weight is 260 g/mol. The number of benzene rings is 1. The molecule has 4 heteroatoms. The highest BCUT2D eigenvalue weighted by Gasteiger charge is 2.09. The van der Waals surface area contributed by atoms with Crippen molar-refractivity contribution in [1.29, 1.82) is 0 Å². The van der Waals surface area contributed by atoms with E-state index in [0.717, 1.165) is 36.8 Å². The maximum Gasteiger partial charge on any atom is 0.253 e. The zero-order valence-electron chi connectivity index (χ0n) is 11.2. The van der Waals surface area contributed by atoms with Crippen LogP contribution in [0.3, 0.4) is 0 Å². The van der Waals surface area contributed by atoms with Gasteiger partial charge in [0.25, 0.3) is 5.91 Å². The van der Waals surface area contributed by atoms with E-state index in [1.807, 2.05) is 30.5 Å². The van der Waals surface area contributed by atoms with Crippen molar-refractivity contribution in [2.24, 2.45) is 0 Å². The highest BCUT2D eigenvalue weighted by Crippen LogP contribution is 2.16. The molecular formula is C15H20N2O2. The number of unbranched alkanes of at least 4 members (excludes halogenated alkanes) is 2. The van der Waals surface area contributed by atoms with Gasteiger partial charge in [-0.3, -0.25) is 4.79 Å². The number of nitrogens with one attached hydrogen (secondary N) is 2. The zero-order valence-corrected chi connectivity index (χ0v) is 11.2. The Morgan fingerprint density at radius 3 is 3.00 bits per heavy atom. The van der Waals surface area contributed by atoms with Gasteiger partial charge in [0, 0.05) is 31.8 Å². The van der Waals surface area contributed by atoms with Crippen LogP contribution in [0, 0.1) is 0 Å². The number of methoxy groups -OCH3 is 1. The first-order chi connectivity index (χ1) is 9.33. The fourth-order valence-electron chi connectivity index (χ4n) is 2.12. The Balaban J connectivity index is 1.85. The molecule has 4 nitrogen and oxygen atoms in total. The lowest BCUT2D eigenvalue weighted by Gasteiger charge is -2.06. The molecule has 1 amide bonds. The molecule has 0 bridgehead atoms. The van der Waals surface area contributed by atoms with Gasteiger partial charge in [0.15, 0.2) is 0 Å². The SMILES string of the molecule is COCCCCCNC(=O)c1cccc2cc[nH]c12. The van der Waals surface area contributed by atoms with Gasteiger partial charge in [-0.1, -0.05) is 12.1 Å². The molecule has 0 fully saturated rings. The molecule has 0 aliphatic carbocycles. The van der Waals surface area contributed by atoms with Gasteiger partial charge in [0.05, 0.1) is 11.1 Å². The third-order valence-corrected chi connectivity index (χ3v) is 3.14. The summed E-state index contributed by atoms with van der Waals surface area (Å²) < 4.78 is 4.99. The third-order valence-electron chi connectivity index (χ3n) is 3.14. The molecule has 2 aromatic rings. The second-order valence-electron chi connectivity index (χ2n) is 4.56. The number of hydrogen-bond acceptors (Lipinski definition) is 2. The van der Waals surface area contributed by atoms with Gasteiger partial charge in [-0.2, -0.15) is 0 Å². The summed E-state index contributed by atoms with van der Waals surface area (Å²) >= 11 is 0. The lowest BCUT2D eigenvalue weighted by atomic mass is 10.1. The zero-order chi connectivity index (χ0) is 13.5. The first-order valence-electron chi connectivity index (χ1n) is 6.66. The minimum atomic E-state index is -0.0141. The van der Waals surface area contributed by atoms with Crippen LogP contribution < -0.4 is 5.32 Å². The van der Waals surface area contributed by atoms with Crippen LogP contribution in [0.15, 0.2) is 30.5 Å². The lowest BCUT2D eigenvalue weighted by Crippen LogP contribution is -2.24. The number of amides is 1. The number of aromatic amines is 1. The van der Waals surface area contributed by atoms with E-state index in [1.54, 1.807) is 7.11 Å². The van der Waals surface area contributed by atoms with E-state index in [9.17, 15) is 4.79 Å². The molecule has 1 aromatic heterocycles. The van der Waals surface area contributed by atoms with Crippen LogP contribution in [-0.2, 0) is 4.74 Å². The number of H-pyrrole nitrogens is 1. The maximum absolute atomic E-state index is 12.1. The van der Waals surface area contributed by atoms with Gasteiger partial charge in [-0.15, -0.1) is 0 Å². The van der Waals surface area contributed by atoms with E-state index in [1.165, 1.54) is 0 Å². The van der Waals surface area contributed by atoms with Crippen LogP contribution in [0.5, 0.6) is 0 Å². The molecule has 19 heavy (non-hydrogen) atoms. The minimum Gasteiger partial charge on any atom is -0.385 e. The van der Waals surface area contributed by atoms with Crippen LogP contribution in [0.4, 0.5) is 0 Å². The van der Waals surface area contributed by atoms with E-state index < -0.39 is 0 Å². The van der Waals surface area contributed by atoms with E-state index in [2.05, 4.69) is 10.3 Å².